The third kappa shape index (κ3) is 4.22. The van der Waals surface area contributed by atoms with Crippen molar-refractivity contribution in [3.05, 3.63) is 0 Å². The highest BCUT2D eigenvalue weighted by atomic mass is 35.5. The van der Waals surface area contributed by atoms with Gasteiger partial charge in [-0.1, -0.05) is 0 Å². The van der Waals surface area contributed by atoms with Crippen LogP contribution in [0.3, 0.4) is 0 Å². The fraction of sp³-hybridized carbons (Fsp3) is 1.00. The van der Waals surface area contributed by atoms with Crippen molar-refractivity contribution in [3.8, 4) is 0 Å². The van der Waals surface area contributed by atoms with Gasteiger partial charge in [0.05, 0.1) is 0 Å². The molecule has 0 radical (unpaired) electrons. The molecule has 0 bridgehead atoms. The maximum atomic E-state index is 10.4. The molecule has 0 spiro atoms. The van der Waals surface area contributed by atoms with Crippen molar-refractivity contribution in [2.24, 2.45) is 5.73 Å². The zero-order valence-electron chi connectivity index (χ0n) is 6.12. The van der Waals surface area contributed by atoms with E-state index in [4.69, 9.17) is 5.73 Å². The van der Waals surface area contributed by atoms with Gasteiger partial charge in [-0.25, -0.2) is 0 Å². The predicted molar refractivity (Wildman–Crippen MR) is 43.9 cm³/mol. The zero-order valence-corrected chi connectivity index (χ0v) is 7.76. The first-order chi connectivity index (χ1) is 4.00. The molecule has 64 valence electrons. The summed E-state index contributed by atoms with van der Waals surface area (Å²) in [7, 11) is 0. The summed E-state index contributed by atoms with van der Waals surface area (Å²) in [5.41, 5.74) is 5.18. The highest BCUT2D eigenvalue weighted by Crippen LogP contribution is 2.13. The van der Waals surface area contributed by atoms with Crippen LogP contribution in [0.5, 0.6) is 0 Å². The first kappa shape index (κ1) is 13.0. The number of rotatable bonds is 3. The molecular weight excluding hydrogens is 174 g/mol. The summed E-state index contributed by atoms with van der Waals surface area (Å²) >= 11 is -2.01. The normalized spacial score (nSPS) is 14.0. The van der Waals surface area contributed by atoms with Crippen molar-refractivity contribution in [1.82, 2.24) is 0 Å². The molecule has 10 heavy (non-hydrogen) atoms. The fourth-order valence-electron chi connectivity index (χ4n) is 0.431. The molecular formula is C5H13ClNO2S-. The first-order valence-corrected chi connectivity index (χ1v) is 3.87. The van der Waals surface area contributed by atoms with Crippen LogP contribution < -0.4 is 5.73 Å². The SMILES string of the molecule is CC(C)(CCN)S(=O)[O-].Cl. The lowest BCUT2D eigenvalue weighted by atomic mass is 10.1. The Kier molecular flexibility index (Phi) is 6.58. The molecule has 3 nitrogen and oxygen atoms in total. The van der Waals surface area contributed by atoms with E-state index in [0.717, 1.165) is 0 Å². The Morgan fingerprint density at radius 2 is 2.00 bits per heavy atom. The average Bonchev–Trinajstić information content (AvgIpc) is 1.65. The van der Waals surface area contributed by atoms with Gasteiger partial charge in [0.25, 0.3) is 0 Å². The summed E-state index contributed by atoms with van der Waals surface area (Å²) in [6.45, 7) is 3.73. The Bertz CT molecular complexity index is 118. The van der Waals surface area contributed by atoms with Crippen LogP contribution in [0.2, 0.25) is 0 Å². The molecule has 5 heteroatoms. The van der Waals surface area contributed by atoms with E-state index in [0.29, 0.717) is 13.0 Å². The van der Waals surface area contributed by atoms with Gasteiger partial charge < -0.3 is 10.3 Å². The standard InChI is InChI=1S/C5H13NO2S.ClH/c1-5(2,3-4-6)9(7)8;/h3-4,6H2,1-2H3,(H,7,8);1H/p-1. The summed E-state index contributed by atoms with van der Waals surface area (Å²) in [6.07, 6.45) is 0.517. The van der Waals surface area contributed by atoms with E-state index in [1.165, 1.54) is 0 Å². The van der Waals surface area contributed by atoms with Crippen LogP contribution >= 0.6 is 12.4 Å². The molecule has 0 aliphatic rings. The molecule has 0 fully saturated rings. The molecule has 2 N–H and O–H groups in total. The second-order valence-corrected chi connectivity index (χ2v) is 4.11. The quantitative estimate of drug-likeness (QED) is 0.650. The lowest BCUT2D eigenvalue weighted by Crippen LogP contribution is -2.29. The minimum absolute atomic E-state index is 0. The van der Waals surface area contributed by atoms with E-state index in [9.17, 15) is 8.76 Å². The van der Waals surface area contributed by atoms with Crippen molar-refractivity contribution < 1.29 is 8.76 Å². The van der Waals surface area contributed by atoms with Crippen LogP contribution in [-0.4, -0.2) is 20.1 Å². The molecule has 1 atom stereocenters. The Hall–Kier alpha value is 0.360. The molecule has 0 aromatic heterocycles. The van der Waals surface area contributed by atoms with Crippen LogP contribution in [0.1, 0.15) is 20.3 Å². The van der Waals surface area contributed by atoms with Crippen molar-refractivity contribution in [2.75, 3.05) is 6.54 Å². The van der Waals surface area contributed by atoms with Gasteiger partial charge in [0.2, 0.25) is 0 Å². The van der Waals surface area contributed by atoms with Crippen molar-refractivity contribution in [1.29, 1.82) is 0 Å². The average molecular weight is 187 g/mol. The van der Waals surface area contributed by atoms with Crippen LogP contribution in [0.15, 0.2) is 0 Å². The molecule has 0 amide bonds. The maximum absolute atomic E-state index is 10.4. The van der Waals surface area contributed by atoms with Gasteiger partial charge in [0.1, 0.15) is 0 Å². The van der Waals surface area contributed by atoms with E-state index in [-0.39, 0.29) is 12.4 Å². The van der Waals surface area contributed by atoms with Gasteiger partial charge >= 0.3 is 0 Å². The van der Waals surface area contributed by atoms with Crippen LogP contribution in [0.25, 0.3) is 0 Å². The first-order valence-electron chi connectivity index (χ1n) is 2.80. The lowest BCUT2D eigenvalue weighted by Gasteiger charge is -2.26. The number of hydrogen-bond donors (Lipinski definition) is 1. The van der Waals surface area contributed by atoms with Gasteiger partial charge in [-0.3, -0.25) is 4.21 Å². The fourth-order valence-corrected chi connectivity index (χ4v) is 0.715. The van der Waals surface area contributed by atoms with Gasteiger partial charge in [-0.2, -0.15) is 0 Å². The van der Waals surface area contributed by atoms with E-state index in [2.05, 4.69) is 0 Å². The second-order valence-electron chi connectivity index (χ2n) is 2.53. The van der Waals surface area contributed by atoms with Crippen molar-refractivity contribution in [3.63, 3.8) is 0 Å². The van der Waals surface area contributed by atoms with Gasteiger partial charge in [-0.15, -0.1) is 12.4 Å². The highest BCUT2D eigenvalue weighted by molar-refractivity contribution is 7.80. The molecule has 0 saturated heterocycles. The highest BCUT2D eigenvalue weighted by Gasteiger charge is 2.16. The summed E-state index contributed by atoms with van der Waals surface area (Å²) in [5, 5.41) is 0. The Labute approximate surface area is 70.1 Å². The zero-order chi connectivity index (χ0) is 7.49. The minimum atomic E-state index is -2.01. The Balaban J connectivity index is 0. The number of nitrogens with two attached hydrogens (primary N) is 1. The molecule has 0 heterocycles. The monoisotopic (exact) mass is 186 g/mol. The van der Waals surface area contributed by atoms with Crippen LogP contribution in [-0.2, 0) is 11.1 Å². The number of halogens is 1. The van der Waals surface area contributed by atoms with E-state index >= 15 is 0 Å². The molecule has 0 aliphatic heterocycles. The molecule has 0 saturated carbocycles. The van der Waals surface area contributed by atoms with E-state index < -0.39 is 15.8 Å². The Morgan fingerprint density at radius 3 is 2.10 bits per heavy atom. The van der Waals surface area contributed by atoms with Gasteiger partial charge in [0, 0.05) is 4.75 Å². The second kappa shape index (κ2) is 5.07. The summed E-state index contributed by atoms with van der Waals surface area (Å²) in [5.74, 6) is 0. The van der Waals surface area contributed by atoms with Crippen LogP contribution in [0.4, 0.5) is 0 Å². The number of hydrogen-bond acceptors (Lipinski definition) is 3. The molecule has 0 aromatic rings. The minimum Gasteiger partial charge on any atom is -0.772 e. The van der Waals surface area contributed by atoms with Crippen LogP contribution in [0, 0.1) is 0 Å². The predicted octanol–water partition coefficient (Wildman–Crippen LogP) is 0.415. The summed E-state index contributed by atoms with van der Waals surface area (Å²) in [6, 6.07) is 0. The summed E-state index contributed by atoms with van der Waals surface area (Å²) < 4.78 is 20.1. The lowest BCUT2D eigenvalue weighted by molar-refractivity contribution is 0.484. The third-order valence-electron chi connectivity index (χ3n) is 1.20. The van der Waals surface area contributed by atoms with Crippen molar-refractivity contribution >= 4 is 23.5 Å². The smallest absolute Gasteiger partial charge is 0.0283 e. The topological polar surface area (TPSA) is 66.2 Å². The molecule has 0 aliphatic carbocycles. The van der Waals surface area contributed by atoms with E-state index in [1.54, 1.807) is 13.8 Å². The summed E-state index contributed by atoms with van der Waals surface area (Å²) in [4.78, 5) is 0. The van der Waals surface area contributed by atoms with Gasteiger partial charge in [0.15, 0.2) is 0 Å². The molecule has 0 rings (SSSR count). The third-order valence-corrected chi connectivity index (χ3v) is 2.30. The van der Waals surface area contributed by atoms with Crippen molar-refractivity contribution in [2.45, 2.75) is 25.0 Å². The Morgan fingerprint density at radius 1 is 1.60 bits per heavy atom. The van der Waals surface area contributed by atoms with Gasteiger partial charge in [-0.05, 0) is 37.9 Å². The van der Waals surface area contributed by atoms with E-state index in [1.807, 2.05) is 0 Å². The molecule has 1 unspecified atom stereocenters. The maximum Gasteiger partial charge on any atom is 0.0283 e. The molecule has 0 aromatic carbocycles. The largest absolute Gasteiger partial charge is 0.772 e.